The van der Waals surface area contributed by atoms with Gasteiger partial charge in [0.25, 0.3) is 0 Å². The Hall–Kier alpha value is -0.620. The van der Waals surface area contributed by atoms with Crippen molar-refractivity contribution in [2.24, 2.45) is 0 Å². The van der Waals surface area contributed by atoms with Gasteiger partial charge in [-0.25, -0.2) is 8.42 Å². The zero-order chi connectivity index (χ0) is 10.3. The molecule has 2 aliphatic heterocycles. The van der Waals surface area contributed by atoms with Gasteiger partial charge >= 0.3 is 0 Å². The standard InChI is InChI=1S/C8H14N2O3S/c1-2-10-7-5-14(12,13)4-6(7)9-3-8(10)11/h6-7,9H,2-5H2,1H3. The first kappa shape index (κ1) is 9.92. The van der Waals surface area contributed by atoms with Crippen LogP contribution < -0.4 is 5.32 Å². The molecule has 2 saturated heterocycles. The highest BCUT2D eigenvalue weighted by atomic mass is 32.2. The van der Waals surface area contributed by atoms with Crippen LogP contribution in [0.25, 0.3) is 0 Å². The molecule has 0 aliphatic carbocycles. The molecule has 80 valence electrons. The molecule has 0 aromatic carbocycles. The summed E-state index contributed by atoms with van der Waals surface area (Å²) in [5.74, 6) is 0.289. The topological polar surface area (TPSA) is 66.5 Å². The Balaban J connectivity index is 2.24. The Labute approximate surface area is 83.4 Å². The molecule has 2 heterocycles. The van der Waals surface area contributed by atoms with Gasteiger partial charge < -0.3 is 10.2 Å². The summed E-state index contributed by atoms with van der Waals surface area (Å²) in [6.45, 7) is 2.74. The highest BCUT2D eigenvalue weighted by Crippen LogP contribution is 2.21. The summed E-state index contributed by atoms with van der Waals surface area (Å²) < 4.78 is 22.8. The monoisotopic (exact) mass is 218 g/mol. The fourth-order valence-electron chi connectivity index (χ4n) is 2.25. The fraction of sp³-hybridized carbons (Fsp3) is 0.875. The maximum atomic E-state index is 11.4. The van der Waals surface area contributed by atoms with E-state index in [4.69, 9.17) is 0 Å². The number of amides is 1. The van der Waals surface area contributed by atoms with E-state index in [-0.39, 0.29) is 36.0 Å². The van der Waals surface area contributed by atoms with Gasteiger partial charge in [0.05, 0.1) is 24.1 Å². The molecule has 2 fully saturated rings. The minimum Gasteiger partial charge on any atom is -0.336 e. The summed E-state index contributed by atoms with van der Waals surface area (Å²) in [7, 11) is -2.95. The van der Waals surface area contributed by atoms with Gasteiger partial charge in [-0.05, 0) is 6.92 Å². The minimum absolute atomic E-state index is 0.00542. The van der Waals surface area contributed by atoms with Crippen LogP contribution in [0.4, 0.5) is 0 Å². The molecule has 2 unspecified atom stereocenters. The Morgan fingerprint density at radius 1 is 1.50 bits per heavy atom. The molecule has 14 heavy (non-hydrogen) atoms. The third-order valence-electron chi connectivity index (χ3n) is 2.90. The average Bonchev–Trinajstić information content (AvgIpc) is 2.39. The van der Waals surface area contributed by atoms with Crippen LogP contribution in [0.5, 0.6) is 0 Å². The fourth-order valence-corrected chi connectivity index (χ4v) is 4.20. The number of likely N-dealkylation sites (N-methyl/N-ethyl adjacent to an activating group) is 1. The Bertz CT molecular complexity index is 352. The molecule has 0 aromatic heterocycles. The second kappa shape index (κ2) is 3.20. The number of rotatable bonds is 1. The van der Waals surface area contributed by atoms with Crippen molar-refractivity contribution >= 4 is 15.7 Å². The van der Waals surface area contributed by atoms with Crippen LogP contribution in [0.3, 0.4) is 0 Å². The number of hydrogen-bond acceptors (Lipinski definition) is 4. The number of carbonyl (C=O) groups is 1. The number of nitrogens with zero attached hydrogens (tertiary/aromatic N) is 1. The van der Waals surface area contributed by atoms with Crippen molar-refractivity contribution in [1.82, 2.24) is 10.2 Å². The lowest BCUT2D eigenvalue weighted by Gasteiger charge is -2.36. The number of fused-ring (bicyclic) bond motifs is 1. The molecule has 0 aromatic rings. The van der Waals surface area contributed by atoms with E-state index in [2.05, 4.69) is 5.32 Å². The lowest BCUT2D eigenvalue weighted by molar-refractivity contribution is -0.135. The third kappa shape index (κ3) is 1.52. The van der Waals surface area contributed by atoms with Gasteiger partial charge in [-0.2, -0.15) is 0 Å². The Kier molecular flexibility index (Phi) is 2.27. The Morgan fingerprint density at radius 3 is 2.86 bits per heavy atom. The van der Waals surface area contributed by atoms with E-state index in [1.165, 1.54) is 0 Å². The molecule has 0 saturated carbocycles. The van der Waals surface area contributed by atoms with Crippen LogP contribution in [0.1, 0.15) is 6.92 Å². The summed E-state index contributed by atoms with van der Waals surface area (Å²) in [6.07, 6.45) is 0. The average molecular weight is 218 g/mol. The van der Waals surface area contributed by atoms with Crippen molar-refractivity contribution in [2.75, 3.05) is 24.6 Å². The predicted octanol–water partition coefficient (Wildman–Crippen LogP) is -1.40. The zero-order valence-corrected chi connectivity index (χ0v) is 8.88. The molecular formula is C8H14N2O3S. The summed E-state index contributed by atoms with van der Waals surface area (Å²) in [5.41, 5.74) is 0. The van der Waals surface area contributed by atoms with E-state index in [0.717, 1.165) is 0 Å². The highest BCUT2D eigenvalue weighted by Gasteiger charge is 2.44. The minimum atomic E-state index is -2.95. The quantitative estimate of drug-likeness (QED) is 0.588. The maximum Gasteiger partial charge on any atom is 0.236 e. The number of carbonyl (C=O) groups excluding carboxylic acids is 1. The van der Waals surface area contributed by atoms with Gasteiger partial charge in [-0.15, -0.1) is 0 Å². The first-order valence-corrected chi connectivity index (χ1v) is 6.59. The molecule has 2 atom stereocenters. The number of nitrogens with one attached hydrogen (secondary N) is 1. The van der Waals surface area contributed by atoms with Gasteiger partial charge in [0.2, 0.25) is 5.91 Å². The molecule has 5 nitrogen and oxygen atoms in total. The molecule has 2 rings (SSSR count). The van der Waals surface area contributed by atoms with E-state index in [0.29, 0.717) is 6.54 Å². The molecule has 2 aliphatic rings. The molecule has 1 amide bonds. The van der Waals surface area contributed by atoms with Crippen molar-refractivity contribution in [3.63, 3.8) is 0 Å². The maximum absolute atomic E-state index is 11.4. The van der Waals surface area contributed by atoms with Crippen molar-refractivity contribution in [1.29, 1.82) is 0 Å². The summed E-state index contributed by atoms with van der Waals surface area (Å²) in [5, 5.41) is 2.98. The van der Waals surface area contributed by atoms with Gasteiger partial charge in [0, 0.05) is 12.6 Å². The molecule has 0 spiro atoms. The van der Waals surface area contributed by atoms with Crippen LogP contribution in [0.15, 0.2) is 0 Å². The van der Waals surface area contributed by atoms with E-state index in [9.17, 15) is 13.2 Å². The van der Waals surface area contributed by atoms with Crippen molar-refractivity contribution < 1.29 is 13.2 Å². The summed E-state index contributed by atoms with van der Waals surface area (Å²) >= 11 is 0. The smallest absolute Gasteiger partial charge is 0.236 e. The van der Waals surface area contributed by atoms with Crippen LogP contribution in [0, 0.1) is 0 Å². The van der Waals surface area contributed by atoms with E-state index in [1.54, 1.807) is 4.90 Å². The SMILES string of the molecule is CCN1C(=O)CNC2CS(=O)(=O)CC21. The lowest BCUT2D eigenvalue weighted by Crippen LogP contribution is -2.60. The summed E-state index contributed by atoms with van der Waals surface area (Å²) in [4.78, 5) is 13.1. The normalized spacial score (nSPS) is 35.8. The van der Waals surface area contributed by atoms with E-state index in [1.807, 2.05) is 6.92 Å². The van der Waals surface area contributed by atoms with Crippen LogP contribution in [-0.2, 0) is 14.6 Å². The Morgan fingerprint density at radius 2 is 2.21 bits per heavy atom. The molecule has 0 radical (unpaired) electrons. The highest BCUT2D eigenvalue weighted by molar-refractivity contribution is 7.91. The number of sulfone groups is 1. The second-order valence-corrected chi connectivity index (χ2v) is 5.97. The predicted molar refractivity (Wildman–Crippen MR) is 51.6 cm³/mol. The first-order chi connectivity index (χ1) is 6.53. The molecule has 1 N–H and O–H groups in total. The van der Waals surface area contributed by atoms with Gasteiger partial charge in [-0.3, -0.25) is 4.79 Å². The molecule has 0 bridgehead atoms. The van der Waals surface area contributed by atoms with Gasteiger partial charge in [0.1, 0.15) is 0 Å². The van der Waals surface area contributed by atoms with Crippen molar-refractivity contribution in [3.05, 3.63) is 0 Å². The molecular weight excluding hydrogens is 204 g/mol. The second-order valence-electron chi connectivity index (χ2n) is 3.81. The van der Waals surface area contributed by atoms with Crippen LogP contribution in [-0.4, -0.2) is 55.9 Å². The third-order valence-corrected chi connectivity index (χ3v) is 4.62. The lowest BCUT2D eigenvalue weighted by atomic mass is 10.1. The van der Waals surface area contributed by atoms with Crippen LogP contribution >= 0.6 is 0 Å². The number of piperazine rings is 1. The van der Waals surface area contributed by atoms with Crippen molar-refractivity contribution in [2.45, 2.75) is 19.0 Å². The molecule has 6 heteroatoms. The first-order valence-electron chi connectivity index (χ1n) is 4.77. The van der Waals surface area contributed by atoms with Gasteiger partial charge in [-0.1, -0.05) is 0 Å². The largest absolute Gasteiger partial charge is 0.336 e. The van der Waals surface area contributed by atoms with E-state index < -0.39 is 9.84 Å². The van der Waals surface area contributed by atoms with E-state index >= 15 is 0 Å². The zero-order valence-electron chi connectivity index (χ0n) is 8.06. The van der Waals surface area contributed by atoms with Gasteiger partial charge in [0.15, 0.2) is 9.84 Å². The van der Waals surface area contributed by atoms with Crippen LogP contribution in [0.2, 0.25) is 0 Å². The van der Waals surface area contributed by atoms with Crippen molar-refractivity contribution in [3.8, 4) is 0 Å². The number of hydrogen-bond donors (Lipinski definition) is 1. The summed E-state index contributed by atoms with van der Waals surface area (Å²) in [6, 6.07) is -0.205.